The lowest BCUT2D eigenvalue weighted by molar-refractivity contribution is 0.0945. The molecule has 1 aromatic rings. The molecule has 0 saturated carbocycles. The molecule has 1 aromatic carbocycles. The SMILES string of the molecule is CNc1ccc(C)cc1C(=O)NCC1CCOC1. The van der Waals surface area contributed by atoms with Crippen LogP contribution in [0.5, 0.6) is 0 Å². The van der Waals surface area contributed by atoms with Gasteiger partial charge >= 0.3 is 0 Å². The predicted octanol–water partition coefficient (Wildman–Crippen LogP) is 1.80. The Morgan fingerprint density at radius 3 is 3.00 bits per heavy atom. The molecule has 0 aliphatic carbocycles. The molecule has 0 bridgehead atoms. The molecular formula is C14H20N2O2. The fourth-order valence-electron chi connectivity index (χ4n) is 2.14. The summed E-state index contributed by atoms with van der Waals surface area (Å²) >= 11 is 0. The first-order chi connectivity index (χ1) is 8.70. The second-order valence-electron chi connectivity index (χ2n) is 4.74. The van der Waals surface area contributed by atoms with E-state index in [4.69, 9.17) is 4.74 Å². The minimum atomic E-state index is -0.0186. The zero-order chi connectivity index (χ0) is 13.0. The zero-order valence-corrected chi connectivity index (χ0v) is 11.0. The molecule has 4 heteroatoms. The van der Waals surface area contributed by atoms with Crippen LogP contribution >= 0.6 is 0 Å². The molecule has 1 amide bonds. The molecular weight excluding hydrogens is 228 g/mol. The number of hydrogen-bond acceptors (Lipinski definition) is 3. The summed E-state index contributed by atoms with van der Waals surface area (Å²) in [6, 6.07) is 5.84. The van der Waals surface area contributed by atoms with E-state index in [9.17, 15) is 4.79 Å². The highest BCUT2D eigenvalue weighted by molar-refractivity contribution is 5.99. The Bertz CT molecular complexity index is 426. The quantitative estimate of drug-likeness (QED) is 0.854. The van der Waals surface area contributed by atoms with Crippen LogP contribution in [0.2, 0.25) is 0 Å². The molecule has 0 radical (unpaired) electrons. The molecule has 1 aliphatic rings. The van der Waals surface area contributed by atoms with Crippen LogP contribution in [-0.2, 0) is 4.74 Å². The average molecular weight is 248 g/mol. The average Bonchev–Trinajstić information content (AvgIpc) is 2.89. The normalized spacial score (nSPS) is 18.7. The maximum Gasteiger partial charge on any atom is 0.253 e. The Balaban J connectivity index is 2.00. The van der Waals surface area contributed by atoms with Crippen molar-refractivity contribution in [2.24, 2.45) is 5.92 Å². The highest BCUT2D eigenvalue weighted by Gasteiger charge is 2.17. The largest absolute Gasteiger partial charge is 0.387 e. The molecule has 2 N–H and O–H groups in total. The van der Waals surface area contributed by atoms with Gasteiger partial charge in [0.1, 0.15) is 0 Å². The van der Waals surface area contributed by atoms with Gasteiger partial charge in [0.05, 0.1) is 12.2 Å². The number of aryl methyl sites for hydroxylation is 1. The number of anilines is 1. The van der Waals surface area contributed by atoms with Crippen molar-refractivity contribution in [1.29, 1.82) is 0 Å². The molecule has 1 unspecified atom stereocenters. The summed E-state index contributed by atoms with van der Waals surface area (Å²) in [6.07, 6.45) is 1.03. The van der Waals surface area contributed by atoms with E-state index < -0.39 is 0 Å². The second-order valence-corrected chi connectivity index (χ2v) is 4.74. The molecule has 1 heterocycles. The van der Waals surface area contributed by atoms with E-state index in [1.807, 2.05) is 32.2 Å². The van der Waals surface area contributed by atoms with E-state index in [0.29, 0.717) is 18.0 Å². The van der Waals surface area contributed by atoms with Crippen LogP contribution in [0.25, 0.3) is 0 Å². The fraction of sp³-hybridized carbons (Fsp3) is 0.500. The molecule has 4 nitrogen and oxygen atoms in total. The maximum atomic E-state index is 12.1. The lowest BCUT2D eigenvalue weighted by atomic mass is 10.1. The minimum Gasteiger partial charge on any atom is -0.387 e. The number of hydrogen-bond donors (Lipinski definition) is 2. The Hall–Kier alpha value is -1.55. The van der Waals surface area contributed by atoms with Crippen LogP contribution in [0.15, 0.2) is 18.2 Å². The lowest BCUT2D eigenvalue weighted by Gasteiger charge is -2.12. The number of amides is 1. The van der Waals surface area contributed by atoms with Crippen LogP contribution in [0.1, 0.15) is 22.3 Å². The summed E-state index contributed by atoms with van der Waals surface area (Å²) in [5, 5.41) is 6.03. The summed E-state index contributed by atoms with van der Waals surface area (Å²) < 4.78 is 5.30. The van der Waals surface area contributed by atoms with Gasteiger partial charge in [-0.1, -0.05) is 11.6 Å². The van der Waals surface area contributed by atoms with Crippen LogP contribution in [-0.4, -0.2) is 32.7 Å². The lowest BCUT2D eigenvalue weighted by Crippen LogP contribution is -2.30. The molecule has 1 atom stereocenters. The highest BCUT2D eigenvalue weighted by Crippen LogP contribution is 2.17. The van der Waals surface area contributed by atoms with Gasteiger partial charge in [0.2, 0.25) is 0 Å². The summed E-state index contributed by atoms with van der Waals surface area (Å²) in [4.78, 5) is 12.1. The van der Waals surface area contributed by atoms with Crippen molar-refractivity contribution < 1.29 is 9.53 Å². The van der Waals surface area contributed by atoms with Gasteiger partial charge in [-0.15, -0.1) is 0 Å². The third-order valence-electron chi connectivity index (χ3n) is 3.26. The molecule has 1 saturated heterocycles. The maximum absolute atomic E-state index is 12.1. The smallest absolute Gasteiger partial charge is 0.253 e. The number of benzene rings is 1. The van der Waals surface area contributed by atoms with E-state index in [2.05, 4.69) is 10.6 Å². The van der Waals surface area contributed by atoms with Gasteiger partial charge < -0.3 is 15.4 Å². The molecule has 18 heavy (non-hydrogen) atoms. The molecule has 0 spiro atoms. The monoisotopic (exact) mass is 248 g/mol. The van der Waals surface area contributed by atoms with Crippen molar-refractivity contribution >= 4 is 11.6 Å². The first kappa shape index (κ1) is 12.9. The van der Waals surface area contributed by atoms with Gasteiger partial charge in [-0.05, 0) is 25.5 Å². The van der Waals surface area contributed by atoms with E-state index in [0.717, 1.165) is 30.9 Å². The summed E-state index contributed by atoms with van der Waals surface area (Å²) in [7, 11) is 1.83. The van der Waals surface area contributed by atoms with Crippen molar-refractivity contribution in [3.8, 4) is 0 Å². The van der Waals surface area contributed by atoms with Gasteiger partial charge in [0, 0.05) is 31.8 Å². The fourth-order valence-corrected chi connectivity index (χ4v) is 2.14. The van der Waals surface area contributed by atoms with Crippen molar-refractivity contribution in [2.45, 2.75) is 13.3 Å². The van der Waals surface area contributed by atoms with Crippen LogP contribution in [0.4, 0.5) is 5.69 Å². The molecule has 1 aliphatic heterocycles. The summed E-state index contributed by atoms with van der Waals surface area (Å²) in [6.45, 7) is 4.25. The second kappa shape index (κ2) is 5.87. The standard InChI is InChI=1S/C14H20N2O2/c1-10-3-4-13(15-2)12(7-10)14(17)16-8-11-5-6-18-9-11/h3-4,7,11,15H,5-6,8-9H2,1-2H3,(H,16,17). The van der Waals surface area contributed by atoms with Gasteiger partial charge in [-0.3, -0.25) is 4.79 Å². The van der Waals surface area contributed by atoms with Crippen LogP contribution in [0.3, 0.4) is 0 Å². The highest BCUT2D eigenvalue weighted by atomic mass is 16.5. The Kier molecular flexibility index (Phi) is 4.20. The third kappa shape index (κ3) is 3.01. The summed E-state index contributed by atoms with van der Waals surface area (Å²) in [5.74, 6) is 0.437. The van der Waals surface area contributed by atoms with Crippen molar-refractivity contribution in [2.75, 3.05) is 32.1 Å². The molecule has 98 valence electrons. The first-order valence-corrected chi connectivity index (χ1v) is 6.35. The van der Waals surface area contributed by atoms with Gasteiger partial charge in [-0.2, -0.15) is 0 Å². The molecule has 0 aromatic heterocycles. The number of carbonyl (C=O) groups is 1. The van der Waals surface area contributed by atoms with E-state index in [1.165, 1.54) is 0 Å². The molecule has 1 fully saturated rings. The Morgan fingerprint density at radius 2 is 2.33 bits per heavy atom. The Morgan fingerprint density at radius 1 is 1.50 bits per heavy atom. The zero-order valence-electron chi connectivity index (χ0n) is 11.0. The van der Waals surface area contributed by atoms with E-state index in [1.54, 1.807) is 0 Å². The topological polar surface area (TPSA) is 50.4 Å². The van der Waals surface area contributed by atoms with Gasteiger partial charge in [-0.25, -0.2) is 0 Å². The number of carbonyl (C=O) groups excluding carboxylic acids is 1. The van der Waals surface area contributed by atoms with E-state index in [-0.39, 0.29) is 5.91 Å². The van der Waals surface area contributed by atoms with Crippen LogP contribution < -0.4 is 10.6 Å². The van der Waals surface area contributed by atoms with Crippen molar-refractivity contribution in [3.63, 3.8) is 0 Å². The first-order valence-electron chi connectivity index (χ1n) is 6.35. The van der Waals surface area contributed by atoms with Gasteiger partial charge in [0.15, 0.2) is 0 Å². The number of nitrogens with one attached hydrogen (secondary N) is 2. The van der Waals surface area contributed by atoms with Crippen molar-refractivity contribution in [3.05, 3.63) is 29.3 Å². The van der Waals surface area contributed by atoms with Crippen molar-refractivity contribution in [1.82, 2.24) is 5.32 Å². The van der Waals surface area contributed by atoms with Crippen LogP contribution in [0, 0.1) is 12.8 Å². The van der Waals surface area contributed by atoms with Gasteiger partial charge in [0.25, 0.3) is 5.91 Å². The summed E-state index contributed by atoms with van der Waals surface area (Å²) in [5.41, 5.74) is 2.65. The predicted molar refractivity (Wildman–Crippen MR) is 72.0 cm³/mol. The van der Waals surface area contributed by atoms with E-state index >= 15 is 0 Å². The number of rotatable bonds is 4. The molecule has 2 rings (SSSR count). The Labute approximate surface area is 108 Å². The number of ether oxygens (including phenoxy) is 1. The third-order valence-corrected chi connectivity index (χ3v) is 3.26. The minimum absolute atomic E-state index is 0.0186.